The summed E-state index contributed by atoms with van der Waals surface area (Å²) in [5, 5.41) is 9.01. The molecule has 2 aromatic rings. The lowest BCUT2D eigenvalue weighted by molar-refractivity contribution is -0.144. The second-order valence-corrected chi connectivity index (χ2v) is 6.49. The van der Waals surface area contributed by atoms with Crippen LogP contribution < -0.4 is 4.74 Å². The van der Waals surface area contributed by atoms with Crippen LogP contribution in [-0.4, -0.2) is 54.3 Å². The van der Waals surface area contributed by atoms with Crippen molar-refractivity contribution in [3.05, 3.63) is 65.7 Å². The predicted molar refractivity (Wildman–Crippen MR) is 100.0 cm³/mol. The Morgan fingerprint density at radius 2 is 1.81 bits per heavy atom. The lowest BCUT2D eigenvalue weighted by Crippen LogP contribution is -2.55. The first-order chi connectivity index (χ1) is 13.1. The van der Waals surface area contributed by atoms with Crippen molar-refractivity contribution < 1.29 is 24.2 Å². The monoisotopic (exact) mass is 369 g/mol. The Balaban J connectivity index is 1.30. The lowest BCUT2D eigenvalue weighted by Gasteiger charge is -2.39. The van der Waals surface area contributed by atoms with Crippen LogP contribution >= 0.6 is 0 Å². The van der Waals surface area contributed by atoms with Crippen LogP contribution in [0.25, 0.3) is 0 Å². The van der Waals surface area contributed by atoms with Gasteiger partial charge in [0, 0.05) is 19.5 Å². The molecule has 1 aliphatic heterocycles. The number of amides is 1. The second kappa shape index (κ2) is 9.19. The molecule has 0 saturated carbocycles. The van der Waals surface area contributed by atoms with E-state index in [1.54, 1.807) is 23.1 Å². The number of likely N-dealkylation sites (tertiary alicyclic amines) is 1. The molecule has 27 heavy (non-hydrogen) atoms. The van der Waals surface area contributed by atoms with Gasteiger partial charge in [0.25, 0.3) is 0 Å². The first-order valence-electron chi connectivity index (χ1n) is 9.01. The summed E-state index contributed by atoms with van der Waals surface area (Å²) < 4.78 is 11.4. The summed E-state index contributed by atoms with van der Waals surface area (Å²) in [6.07, 6.45) is 1.07. The Labute approximate surface area is 158 Å². The average molecular weight is 369 g/mol. The molecule has 3 rings (SSSR count). The molecule has 1 fully saturated rings. The molecule has 0 bridgehead atoms. The number of aromatic carboxylic acids is 1. The molecule has 0 aliphatic carbocycles. The van der Waals surface area contributed by atoms with E-state index >= 15 is 0 Å². The molecular formula is C21H23NO5. The molecule has 0 atom stereocenters. The van der Waals surface area contributed by atoms with Crippen molar-refractivity contribution >= 4 is 11.9 Å². The van der Waals surface area contributed by atoms with E-state index in [1.165, 1.54) is 6.07 Å². The summed E-state index contributed by atoms with van der Waals surface area (Å²) in [5.74, 6) is -0.146. The quantitative estimate of drug-likeness (QED) is 0.688. The highest BCUT2D eigenvalue weighted by Crippen LogP contribution is 2.15. The van der Waals surface area contributed by atoms with Gasteiger partial charge in [-0.25, -0.2) is 4.79 Å². The number of hydrogen-bond donors (Lipinski definition) is 1. The lowest BCUT2D eigenvalue weighted by atomic mass is 10.1. The van der Waals surface area contributed by atoms with Crippen LogP contribution in [0.15, 0.2) is 54.6 Å². The van der Waals surface area contributed by atoms with Gasteiger partial charge < -0.3 is 19.5 Å². The molecule has 1 heterocycles. The van der Waals surface area contributed by atoms with Crippen LogP contribution in [0.3, 0.4) is 0 Å². The first-order valence-corrected chi connectivity index (χ1v) is 9.01. The van der Waals surface area contributed by atoms with Crippen molar-refractivity contribution in [2.45, 2.75) is 18.9 Å². The summed E-state index contributed by atoms with van der Waals surface area (Å²) in [4.78, 5) is 25.0. The van der Waals surface area contributed by atoms with E-state index in [-0.39, 0.29) is 24.0 Å². The van der Waals surface area contributed by atoms with Gasteiger partial charge in [-0.05, 0) is 29.8 Å². The van der Waals surface area contributed by atoms with E-state index in [1.807, 2.05) is 30.3 Å². The highest BCUT2D eigenvalue weighted by Gasteiger charge is 2.31. The van der Waals surface area contributed by atoms with Gasteiger partial charge in [0.05, 0.1) is 31.3 Å². The smallest absolute Gasteiger partial charge is 0.335 e. The molecule has 1 saturated heterocycles. The highest BCUT2D eigenvalue weighted by molar-refractivity contribution is 5.88. The van der Waals surface area contributed by atoms with Gasteiger partial charge in [0.2, 0.25) is 5.91 Å². The Morgan fingerprint density at radius 3 is 2.56 bits per heavy atom. The molecular weight excluding hydrogens is 346 g/mol. The van der Waals surface area contributed by atoms with E-state index in [2.05, 4.69) is 0 Å². The Morgan fingerprint density at radius 1 is 1.04 bits per heavy atom. The molecule has 0 aromatic heterocycles. The van der Waals surface area contributed by atoms with Gasteiger partial charge in [-0.2, -0.15) is 0 Å². The molecule has 6 heteroatoms. The number of carbonyl (C=O) groups excluding carboxylic acids is 1. The van der Waals surface area contributed by atoms with Crippen molar-refractivity contribution in [1.82, 2.24) is 4.90 Å². The summed E-state index contributed by atoms with van der Waals surface area (Å²) in [7, 11) is 0. The minimum Gasteiger partial charge on any atom is -0.494 e. The number of nitrogens with zero attached hydrogens (tertiary/aromatic N) is 1. The molecule has 1 aliphatic rings. The summed E-state index contributed by atoms with van der Waals surface area (Å²) in [6.45, 7) is 2.35. The predicted octanol–water partition coefficient (Wildman–Crippen LogP) is 2.62. The van der Waals surface area contributed by atoms with Crippen LogP contribution in [-0.2, 0) is 16.0 Å². The number of para-hydroxylation sites is 1. The van der Waals surface area contributed by atoms with Crippen LogP contribution in [0, 0.1) is 0 Å². The van der Waals surface area contributed by atoms with Gasteiger partial charge in [-0.15, -0.1) is 0 Å². The number of rotatable bonds is 9. The SMILES string of the molecule is O=C(O)c1cccc(CC(=O)N2CC(OCCCOc3ccccc3)C2)c1. The van der Waals surface area contributed by atoms with Crippen LogP contribution in [0.4, 0.5) is 0 Å². The Kier molecular flexibility index (Phi) is 6.44. The minimum absolute atomic E-state index is 0.00944. The maximum absolute atomic E-state index is 12.3. The zero-order chi connectivity index (χ0) is 19.1. The number of carbonyl (C=O) groups is 2. The maximum Gasteiger partial charge on any atom is 0.335 e. The van der Waals surface area contributed by atoms with Gasteiger partial charge in [-0.3, -0.25) is 4.79 Å². The van der Waals surface area contributed by atoms with Gasteiger partial charge >= 0.3 is 5.97 Å². The third-order valence-electron chi connectivity index (χ3n) is 4.38. The average Bonchev–Trinajstić information content (AvgIpc) is 2.63. The number of hydrogen-bond acceptors (Lipinski definition) is 4. The molecule has 0 unspecified atom stereocenters. The fourth-order valence-corrected chi connectivity index (χ4v) is 2.86. The van der Waals surface area contributed by atoms with Crippen LogP contribution in [0.5, 0.6) is 5.75 Å². The molecule has 2 aromatic carbocycles. The molecule has 0 spiro atoms. The van der Waals surface area contributed by atoms with E-state index in [4.69, 9.17) is 14.6 Å². The second-order valence-electron chi connectivity index (χ2n) is 6.49. The van der Waals surface area contributed by atoms with Crippen molar-refractivity contribution in [3.8, 4) is 5.75 Å². The summed E-state index contributed by atoms with van der Waals surface area (Å²) in [6, 6.07) is 16.1. The normalized spacial score (nSPS) is 13.9. The Bertz CT molecular complexity index is 771. The van der Waals surface area contributed by atoms with Crippen molar-refractivity contribution in [1.29, 1.82) is 0 Å². The molecule has 142 valence electrons. The van der Waals surface area contributed by atoms with Crippen LogP contribution in [0.1, 0.15) is 22.3 Å². The van der Waals surface area contributed by atoms with Gasteiger partial charge in [0.1, 0.15) is 5.75 Å². The van der Waals surface area contributed by atoms with E-state index < -0.39 is 5.97 Å². The van der Waals surface area contributed by atoms with Gasteiger partial charge in [0.15, 0.2) is 0 Å². The maximum atomic E-state index is 12.3. The van der Waals surface area contributed by atoms with Crippen molar-refractivity contribution in [2.75, 3.05) is 26.3 Å². The van der Waals surface area contributed by atoms with E-state index in [9.17, 15) is 9.59 Å². The third-order valence-corrected chi connectivity index (χ3v) is 4.38. The summed E-state index contributed by atoms with van der Waals surface area (Å²) in [5.41, 5.74) is 0.908. The Hall–Kier alpha value is -2.86. The molecule has 1 N–H and O–H groups in total. The highest BCUT2D eigenvalue weighted by atomic mass is 16.5. The number of carboxylic acids is 1. The third kappa shape index (κ3) is 5.56. The number of carboxylic acid groups (broad SMARTS) is 1. The van der Waals surface area contributed by atoms with Crippen molar-refractivity contribution in [3.63, 3.8) is 0 Å². The summed E-state index contributed by atoms with van der Waals surface area (Å²) >= 11 is 0. The first kappa shape index (κ1) is 18.9. The molecule has 0 radical (unpaired) electrons. The zero-order valence-corrected chi connectivity index (χ0v) is 15.0. The standard InChI is InChI=1S/C21H23NO5/c23-20(13-16-6-4-7-17(12-16)21(24)25)22-14-19(15-22)27-11-5-10-26-18-8-2-1-3-9-18/h1-4,6-9,12,19H,5,10-11,13-15H2,(H,24,25). The number of benzene rings is 2. The largest absolute Gasteiger partial charge is 0.494 e. The van der Waals surface area contributed by atoms with Gasteiger partial charge in [-0.1, -0.05) is 30.3 Å². The topological polar surface area (TPSA) is 76.1 Å². The fraction of sp³-hybridized carbons (Fsp3) is 0.333. The van der Waals surface area contributed by atoms with E-state index in [0.717, 1.165) is 12.2 Å². The zero-order valence-electron chi connectivity index (χ0n) is 15.0. The fourth-order valence-electron chi connectivity index (χ4n) is 2.86. The number of ether oxygens (including phenoxy) is 2. The molecule has 6 nitrogen and oxygen atoms in total. The van der Waals surface area contributed by atoms with E-state index in [0.29, 0.717) is 31.9 Å². The van der Waals surface area contributed by atoms with Crippen LogP contribution in [0.2, 0.25) is 0 Å². The van der Waals surface area contributed by atoms with Crippen molar-refractivity contribution in [2.24, 2.45) is 0 Å². The molecule has 1 amide bonds. The minimum atomic E-state index is -0.988.